The van der Waals surface area contributed by atoms with Crippen molar-refractivity contribution in [2.24, 2.45) is 0 Å². The summed E-state index contributed by atoms with van der Waals surface area (Å²) in [4.78, 5) is 4.06. The van der Waals surface area contributed by atoms with Crippen molar-refractivity contribution in [3.05, 3.63) is 42.2 Å². The topological polar surface area (TPSA) is 52.6 Å². The maximum atomic E-state index is 5.33. The number of hydrogen-bond acceptors (Lipinski definition) is 5. The molecule has 1 heterocycles. The van der Waals surface area contributed by atoms with Crippen LogP contribution in [0.25, 0.3) is 0 Å². The van der Waals surface area contributed by atoms with Crippen LogP contribution in [0, 0.1) is 0 Å². The zero-order valence-corrected chi connectivity index (χ0v) is 11.8. The number of nitrogens with zero attached hydrogens (tertiary/aromatic N) is 1. The van der Waals surface area contributed by atoms with Gasteiger partial charge in [-0.25, -0.2) is 0 Å². The number of ether oxygens (including phenoxy) is 3. The van der Waals surface area contributed by atoms with Crippen LogP contribution in [0.2, 0.25) is 0 Å². The van der Waals surface area contributed by atoms with E-state index < -0.39 is 0 Å². The number of anilines is 1. The Kier molecular flexibility index (Phi) is 4.65. The second-order valence-corrected chi connectivity index (χ2v) is 4.13. The van der Waals surface area contributed by atoms with E-state index in [2.05, 4.69) is 10.3 Å². The molecule has 0 fully saturated rings. The molecule has 5 heteroatoms. The minimum absolute atomic E-state index is 0.597. The normalized spacial score (nSPS) is 9.95. The van der Waals surface area contributed by atoms with Gasteiger partial charge in [0, 0.05) is 18.9 Å². The highest BCUT2D eigenvalue weighted by Gasteiger charge is 2.12. The maximum absolute atomic E-state index is 5.33. The fourth-order valence-electron chi connectivity index (χ4n) is 1.91. The first kappa shape index (κ1) is 14.0. The SMILES string of the molecule is COc1cc(CNc2cccnc2)cc(OC)c1OC. The fraction of sp³-hybridized carbons (Fsp3) is 0.267. The molecule has 0 aliphatic rings. The van der Waals surface area contributed by atoms with Crippen molar-refractivity contribution in [3.8, 4) is 17.2 Å². The number of methoxy groups -OCH3 is 3. The molecule has 2 aromatic rings. The van der Waals surface area contributed by atoms with Gasteiger partial charge in [-0.2, -0.15) is 0 Å². The third-order valence-electron chi connectivity index (χ3n) is 2.88. The van der Waals surface area contributed by atoms with Crippen molar-refractivity contribution in [2.45, 2.75) is 6.54 Å². The van der Waals surface area contributed by atoms with Crippen LogP contribution in [-0.4, -0.2) is 26.3 Å². The van der Waals surface area contributed by atoms with E-state index in [0.717, 1.165) is 11.3 Å². The van der Waals surface area contributed by atoms with Gasteiger partial charge in [0.1, 0.15) is 0 Å². The Labute approximate surface area is 118 Å². The second kappa shape index (κ2) is 6.65. The lowest BCUT2D eigenvalue weighted by molar-refractivity contribution is 0.324. The molecule has 2 rings (SSSR count). The molecule has 0 unspecified atom stereocenters. The number of hydrogen-bond donors (Lipinski definition) is 1. The molecule has 106 valence electrons. The first-order chi connectivity index (χ1) is 9.78. The molecule has 0 saturated heterocycles. The third kappa shape index (κ3) is 3.12. The van der Waals surface area contributed by atoms with Gasteiger partial charge in [0.25, 0.3) is 0 Å². The van der Waals surface area contributed by atoms with Crippen LogP contribution in [0.3, 0.4) is 0 Å². The summed E-state index contributed by atoms with van der Waals surface area (Å²) in [5.74, 6) is 1.89. The Morgan fingerprint density at radius 1 is 1.05 bits per heavy atom. The van der Waals surface area contributed by atoms with E-state index in [-0.39, 0.29) is 0 Å². The highest BCUT2D eigenvalue weighted by molar-refractivity contribution is 5.54. The van der Waals surface area contributed by atoms with Crippen molar-refractivity contribution in [1.82, 2.24) is 4.98 Å². The van der Waals surface area contributed by atoms with Gasteiger partial charge < -0.3 is 19.5 Å². The van der Waals surface area contributed by atoms with Crippen LogP contribution in [0.5, 0.6) is 17.2 Å². The van der Waals surface area contributed by atoms with Crippen LogP contribution in [-0.2, 0) is 6.54 Å². The second-order valence-electron chi connectivity index (χ2n) is 4.13. The predicted octanol–water partition coefficient (Wildman–Crippen LogP) is 2.72. The molecule has 1 aromatic heterocycles. The molecule has 0 aliphatic heterocycles. The Bertz CT molecular complexity index is 533. The van der Waals surface area contributed by atoms with Gasteiger partial charge in [0.2, 0.25) is 5.75 Å². The van der Waals surface area contributed by atoms with Crippen LogP contribution in [0.4, 0.5) is 5.69 Å². The molecule has 0 aliphatic carbocycles. The molecule has 0 spiro atoms. The molecular formula is C15H18N2O3. The van der Waals surface area contributed by atoms with Crippen molar-refractivity contribution in [2.75, 3.05) is 26.6 Å². The summed E-state index contributed by atoms with van der Waals surface area (Å²) >= 11 is 0. The molecule has 0 amide bonds. The predicted molar refractivity (Wildman–Crippen MR) is 77.7 cm³/mol. The lowest BCUT2D eigenvalue weighted by Crippen LogP contribution is -2.02. The Hall–Kier alpha value is -2.43. The monoisotopic (exact) mass is 274 g/mol. The summed E-state index contributed by atoms with van der Waals surface area (Å²) in [6.45, 7) is 0.641. The quantitative estimate of drug-likeness (QED) is 0.877. The molecule has 0 atom stereocenters. The molecule has 20 heavy (non-hydrogen) atoms. The number of rotatable bonds is 6. The van der Waals surface area contributed by atoms with E-state index in [1.165, 1.54) is 0 Å². The van der Waals surface area contributed by atoms with Gasteiger partial charge in [-0.3, -0.25) is 4.98 Å². The molecular weight excluding hydrogens is 256 g/mol. The maximum Gasteiger partial charge on any atom is 0.203 e. The number of pyridine rings is 1. The average Bonchev–Trinajstić information content (AvgIpc) is 2.52. The van der Waals surface area contributed by atoms with Crippen molar-refractivity contribution in [3.63, 3.8) is 0 Å². The highest BCUT2D eigenvalue weighted by Crippen LogP contribution is 2.38. The zero-order valence-electron chi connectivity index (χ0n) is 11.8. The van der Waals surface area contributed by atoms with E-state index in [1.807, 2.05) is 24.3 Å². The number of nitrogens with one attached hydrogen (secondary N) is 1. The van der Waals surface area contributed by atoms with Crippen LogP contribution in [0.1, 0.15) is 5.56 Å². The summed E-state index contributed by atoms with van der Waals surface area (Å²) < 4.78 is 15.9. The average molecular weight is 274 g/mol. The Morgan fingerprint density at radius 3 is 2.25 bits per heavy atom. The van der Waals surface area contributed by atoms with Gasteiger partial charge in [0.05, 0.1) is 27.0 Å². The zero-order chi connectivity index (χ0) is 14.4. The Balaban J connectivity index is 2.19. The minimum atomic E-state index is 0.597. The van der Waals surface area contributed by atoms with Crippen LogP contribution in [0.15, 0.2) is 36.7 Å². The standard InChI is InChI=1S/C15H18N2O3/c1-18-13-7-11(8-14(19-2)15(13)20-3)9-17-12-5-4-6-16-10-12/h4-8,10,17H,9H2,1-3H3. The van der Waals surface area contributed by atoms with Crippen LogP contribution >= 0.6 is 0 Å². The van der Waals surface area contributed by atoms with Crippen molar-refractivity contribution >= 4 is 5.69 Å². The summed E-state index contributed by atoms with van der Waals surface area (Å²) in [7, 11) is 4.80. The van der Waals surface area contributed by atoms with Gasteiger partial charge in [-0.1, -0.05) is 0 Å². The summed E-state index contributed by atoms with van der Waals surface area (Å²) in [6.07, 6.45) is 3.52. The highest BCUT2D eigenvalue weighted by atomic mass is 16.5. The van der Waals surface area contributed by atoms with E-state index in [0.29, 0.717) is 23.8 Å². The summed E-state index contributed by atoms with van der Waals surface area (Å²) in [5, 5.41) is 3.29. The number of aromatic nitrogens is 1. The minimum Gasteiger partial charge on any atom is -0.493 e. The Morgan fingerprint density at radius 2 is 1.75 bits per heavy atom. The van der Waals surface area contributed by atoms with E-state index in [4.69, 9.17) is 14.2 Å². The fourth-order valence-corrected chi connectivity index (χ4v) is 1.91. The van der Waals surface area contributed by atoms with Gasteiger partial charge in [-0.05, 0) is 29.8 Å². The molecule has 1 N–H and O–H groups in total. The largest absolute Gasteiger partial charge is 0.493 e. The van der Waals surface area contributed by atoms with E-state index >= 15 is 0 Å². The molecule has 5 nitrogen and oxygen atoms in total. The number of benzene rings is 1. The van der Waals surface area contributed by atoms with Crippen molar-refractivity contribution in [1.29, 1.82) is 0 Å². The van der Waals surface area contributed by atoms with E-state index in [9.17, 15) is 0 Å². The lowest BCUT2D eigenvalue weighted by atomic mass is 10.1. The van der Waals surface area contributed by atoms with Gasteiger partial charge in [-0.15, -0.1) is 0 Å². The van der Waals surface area contributed by atoms with Crippen molar-refractivity contribution < 1.29 is 14.2 Å². The molecule has 0 bridgehead atoms. The molecule has 1 aromatic carbocycles. The van der Waals surface area contributed by atoms with Crippen LogP contribution < -0.4 is 19.5 Å². The van der Waals surface area contributed by atoms with Gasteiger partial charge in [0.15, 0.2) is 11.5 Å². The third-order valence-corrected chi connectivity index (χ3v) is 2.88. The first-order valence-corrected chi connectivity index (χ1v) is 6.21. The smallest absolute Gasteiger partial charge is 0.203 e. The summed E-state index contributed by atoms with van der Waals surface area (Å²) in [5.41, 5.74) is 1.99. The first-order valence-electron chi connectivity index (χ1n) is 6.21. The molecule has 0 radical (unpaired) electrons. The molecule has 0 saturated carbocycles. The lowest BCUT2D eigenvalue weighted by Gasteiger charge is -2.14. The van der Waals surface area contributed by atoms with Gasteiger partial charge >= 0.3 is 0 Å². The van der Waals surface area contributed by atoms with E-state index in [1.54, 1.807) is 33.7 Å². The summed E-state index contributed by atoms with van der Waals surface area (Å²) in [6, 6.07) is 7.69.